The molecule has 4 fully saturated rings. The molecule has 4 rings (SSSR count). The van der Waals surface area contributed by atoms with Crippen LogP contribution in [0.5, 0.6) is 0 Å². The second-order valence-corrected chi connectivity index (χ2v) is 9.30. The second kappa shape index (κ2) is 4.75. The molecule has 0 radical (unpaired) electrons. The van der Waals surface area contributed by atoms with Gasteiger partial charge < -0.3 is 0 Å². The standard InChI is InChI=1S/C21H36/c1-5-8-15-13-21-12-9-16-18(21)19(21)17(14(15)4)20(16,10-6-2)11-7-3/h14-19H,5-13H2,1-4H3. The predicted octanol–water partition coefficient (Wildman–Crippen LogP) is 6.30. The zero-order valence-corrected chi connectivity index (χ0v) is 14.8. The third-order valence-electron chi connectivity index (χ3n) is 8.79. The van der Waals surface area contributed by atoms with Crippen molar-refractivity contribution >= 4 is 0 Å². The van der Waals surface area contributed by atoms with Crippen molar-refractivity contribution in [3.8, 4) is 0 Å². The molecule has 4 aliphatic rings. The van der Waals surface area contributed by atoms with Gasteiger partial charge in [0.15, 0.2) is 0 Å². The van der Waals surface area contributed by atoms with Gasteiger partial charge in [-0.1, -0.05) is 53.4 Å². The lowest BCUT2D eigenvalue weighted by Crippen LogP contribution is -2.44. The highest BCUT2D eigenvalue weighted by Crippen LogP contribution is 2.89. The van der Waals surface area contributed by atoms with Crippen LogP contribution < -0.4 is 0 Å². The van der Waals surface area contributed by atoms with E-state index in [2.05, 4.69) is 27.7 Å². The van der Waals surface area contributed by atoms with Crippen LogP contribution >= 0.6 is 0 Å². The van der Waals surface area contributed by atoms with Gasteiger partial charge >= 0.3 is 0 Å². The summed E-state index contributed by atoms with van der Waals surface area (Å²) in [5, 5.41) is 0. The highest BCUT2D eigenvalue weighted by Gasteiger charge is 2.83. The van der Waals surface area contributed by atoms with Crippen LogP contribution in [0.15, 0.2) is 0 Å². The molecule has 7 atom stereocenters. The first-order chi connectivity index (χ1) is 10.2. The minimum atomic E-state index is 0.769. The molecule has 7 unspecified atom stereocenters. The SMILES string of the molecule is CCCC1CC23CCC4C2C3C(C1C)C4(CCC)CCC. The van der Waals surface area contributed by atoms with Gasteiger partial charge in [0, 0.05) is 0 Å². The Kier molecular flexibility index (Phi) is 3.30. The summed E-state index contributed by atoms with van der Waals surface area (Å²) in [6.07, 6.45) is 13.7. The van der Waals surface area contributed by atoms with Crippen LogP contribution in [0, 0.1) is 46.3 Å². The van der Waals surface area contributed by atoms with E-state index < -0.39 is 0 Å². The molecule has 0 aliphatic heterocycles. The molecule has 21 heavy (non-hydrogen) atoms. The van der Waals surface area contributed by atoms with Gasteiger partial charge in [-0.3, -0.25) is 0 Å². The third-order valence-corrected chi connectivity index (χ3v) is 8.79. The first kappa shape index (κ1) is 14.6. The van der Waals surface area contributed by atoms with E-state index in [1.807, 2.05) is 0 Å². The van der Waals surface area contributed by atoms with E-state index >= 15 is 0 Å². The first-order valence-corrected chi connectivity index (χ1v) is 10.2. The molecule has 0 bridgehead atoms. The molecular weight excluding hydrogens is 252 g/mol. The normalized spacial score (nSPS) is 52.0. The quantitative estimate of drug-likeness (QED) is 0.538. The molecule has 0 heteroatoms. The average Bonchev–Trinajstić information content (AvgIpc) is 2.82. The Hall–Kier alpha value is 0. The van der Waals surface area contributed by atoms with Crippen LogP contribution in [0.2, 0.25) is 0 Å². The molecule has 0 aromatic carbocycles. The monoisotopic (exact) mass is 288 g/mol. The van der Waals surface area contributed by atoms with Crippen molar-refractivity contribution in [2.75, 3.05) is 0 Å². The average molecular weight is 289 g/mol. The molecule has 0 aromatic heterocycles. The van der Waals surface area contributed by atoms with Crippen molar-refractivity contribution in [1.82, 2.24) is 0 Å². The fraction of sp³-hybridized carbons (Fsp3) is 1.00. The summed E-state index contributed by atoms with van der Waals surface area (Å²) in [6, 6.07) is 0. The van der Waals surface area contributed by atoms with Crippen LogP contribution in [-0.4, -0.2) is 0 Å². The molecule has 4 aliphatic carbocycles. The Morgan fingerprint density at radius 2 is 1.62 bits per heavy atom. The maximum absolute atomic E-state index is 2.66. The Morgan fingerprint density at radius 1 is 0.905 bits per heavy atom. The molecule has 120 valence electrons. The van der Waals surface area contributed by atoms with E-state index in [9.17, 15) is 0 Å². The summed E-state index contributed by atoms with van der Waals surface area (Å²) in [5.41, 5.74) is 1.65. The van der Waals surface area contributed by atoms with Gasteiger partial charge in [-0.2, -0.15) is 0 Å². The van der Waals surface area contributed by atoms with E-state index in [4.69, 9.17) is 0 Å². The van der Waals surface area contributed by atoms with Gasteiger partial charge in [-0.05, 0) is 78.4 Å². The maximum atomic E-state index is 2.66. The fourth-order valence-electron chi connectivity index (χ4n) is 8.66. The lowest BCUT2D eigenvalue weighted by atomic mass is 9.54. The number of hydrogen-bond donors (Lipinski definition) is 0. The van der Waals surface area contributed by atoms with Crippen molar-refractivity contribution in [3.63, 3.8) is 0 Å². The molecule has 0 saturated heterocycles. The zero-order chi connectivity index (χ0) is 14.8. The van der Waals surface area contributed by atoms with Crippen LogP contribution in [0.25, 0.3) is 0 Å². The summed E-state index contributed by atoms with van der Waals surface area (Å²) in [5.74, 6) is 6.70. The largest absolute Gasteiger partial charge is 0.0654 e. The Morgan fingerprint density at radius 3 is 2.24 bits per heavy atom. The molecule has 0 aromatic rings. The zero-order valence-electron chi connectivity index (χ0n) is 14.8. The molecule has 0 amide bonds. The Balaban J connectivity index is 1.71. The van der Waals surface area contributed by atoms with E-state index in [-0.39, 0.29) is 0 Å². The lowest BCUT2D eigenvalue weighted by Gasteiger charge is -2.51. The molecule has 0 heterocycles. The topological polar surface area (TPSA) is 0 Å². The molecule has 4 saturated carbocycles. The van der Waals surface area contributed by atoms with Crippen molar-refractivity contribution in [1.29, 1.82) is 0 Å². The molecule has 0 nitrogen and oxygen atoms in total. The Labute approximate surface area is 132 Å². The summed E-state index contributed by atoms with van der Waals surface area (Å²) in [6.45, 7) is 9.96. The number of rotatable bonds is 6. The molecular formula is C21H36. The van der Waals surface area contributed by atoms with Crippen LogP contribution in [0.4, 0.5) is 0 Å². The first-order valence-electron chi connectivity index (χ1n) is 10.2. The summed E-state index contributed by atoms with van der Waals surface area (Å²) in [4.78, 5) is 0. The van der Waals surface area contributed by atoms with E-state index in [1.165, 1.54) is 37.5 Å². The van der Waals surface area contributed by atoms with Gasteiger partial charge in [0.1, 0.15) is 0 Å². The van der Waals surface area contributed by atoms with Crippen LogP contribution in [-0.2, 0) is 0 Å². The highest BCUT2D eigenvalue weighted by molar-refractivity contribution is 5.31. The van der Waals surface area contributed by atoms with E-state index in [0.29, 0.717) is 0 Å². The smallest absolute Gasteiger partial charge is 0.0226 e. The van der Waals surface area contributed by atoms with Crippen LogP contribution in [0.3, 0.4) is 0 Å². The Bertz CT molecular complexity index is 404. The van der Waals surface area contributed by atoms with Gasteiger partial charge in [0.2, 0.25) is 0 Å². The highest BCUT2D eigenvalue weighted by atomic mass is 14.9. The minimum Gasteiger partial charge on any atom is -0.0654 e. The van der Waals surface area contributed by atoms with E-state index in [1.54, 1.807) is 32.1 Å². The number of hydrogen-bond acceptors (Lipinski definition) is 0. The predicted molar refractivity (Wildman–Crippen MR) is 90.1 cm³/mol. The van der Waals surface area contributed by atoms with Crippen LogP contribution in [0.1, 0.15) is 85.5 Å². The van der Waals surface area contributed by atoms with Crippen molar-refractivity contribution < 1.29 is 0 Å². The van der Waals surface area contributed by atoms with Gasteiger partial charge in [0.25, 0.3) is 0 Å². The van der Waals surface area contributed by atoms with Gasteiger partial charge in [-0.25, -0.2) is 0 Å². The van der Waals surface area contributed by atoms with E-state index in [0.717, 1.165) is 34.5 Å². The van der Waals surface area contributed by atoms with Crippen molar-refractivity contribution in [3.05, 3.63) is 0 Å². The van der Waals surface area contributed by atoms with Crippen molar-refractivity contribution in [2.45, 2.75) is 85.5 Å². The lowest BCUT2D eigenvalue weighted by molar-refractivity contribution is -0.0224. The minimum absolute atomic E-state index is 0.769. The third kappa shape index (κ3) is 1.58. The van der Waals surface area contributed by atoms with Crippen molar-refractivity contribution in [2.24, 2.45) is 46.3 Å². The maximum Gasteiger partial charge on any atom is -0.0226 e. The molecule has 0 N–H and O–H groups in total. The van der Waals surface area contributed by atoms with Gasteiger partial charge in [0.05, 0.1) is 0 Å². The summed E-state index contributed by atoms with van der Waals surface area (Å²) >= 11 is 0. The van der Waals surface area contributed by atoms with Gasteiger partial charge in [-0.15, -0.1) is 0 Å². The second-order valence-electron chi connectivity index (χ2n) is 9.30. The molecule has 1 spiro atoms. The summed E-state index contributed by atoms with van der Waals surface area (Å²) in [7, 11) is 0. The summed E-state index contributed by atoms with van der Waals surface area (Å²) < 4.78 is 0. The fourth-order valence-corrected chi connectivity index (χ4v) is 8.66.